The minimum absolute atomic E-state index is 0.00247. The van der Waals surface area contributed by atoms with Gasteiger partial charge in [-0.15, -0.1) is 0 Å². The van der Waals surface area contributed by atoms with Crippen LogP contribution in [0.15, 0.2) is 71.9 Å². The summed E-state index contributed by atoms with van der Waals surface area (Å²) in [5, 5.41) is 16.2. The van der Waals surface area contributed by atoms with Crippen molar-refractivity contribution in [1.82, 2.24) is 5.32 Å². The average Bonchev–Trinajstić information content (AvgIpc) is 2.91. The van der Waals surface area contributed by atoms with Crippen molar-refractivity contribution in [3.8, 4) is 22.6 Å². The van der Waals surface area contributed by atoms with E-state index in [4.69, 9.17) is 14.3 Å². The molecule has 0 spiro atoms. The molecule has 3 rings (SSSR count). The van der Waals surface area contributed by atoms with Crippen molar-refractivity contribution in [2.75, 3.05) is 21.3 Å². The van der Waals surface area contributed by atoms with Crippen molar-refractivity contribution in [2.24, 2.45) is 5.16 Å². The molecule has 0 heterocycles. The molecule has 0 aliphatic carbocycles. The van der Waals surface area contributed by atoms with E-state index in [1.54, 1.807) is 26.4 Å². The third-order valence-electron chi connectivity index (χ3n) is 5.96. The van der Waals surface area contributed by atoms with Crippen LogP contribution in [0.4, 0.5) is 0 Å². The highest BCUT2D eigenvalue weighted by Gasteiger charge is 2.25. The van der Waals surface area contributed by atoms with E-state index in [1.807, 2.05) is 54.6 Å². The van der Waals surface area contributed by atoms with Gasteiger partial charge in [-0.3, -0.25) is 4.79 Å². The minimum atomic E-state index is -1.17. The first-order chi connectivity index (χ1) is 17.8. The highest BCUT2D eigenvalue weighted by molar-refractivity contribution is 6.45. The number of hydrogen-bond acceptors (Lipinski definition) is 6. The number of amides is 1. The lowest BCUT2D eigenvalue weighted by molar-refractivity contribution is -0.141. The number of carboxylic acid groups (broad SMARTS) is 1. The van der Waals surface area contributed by atoms with Gasteiger partial charge in [0.05, 0.1) is 19.8 Å². The molecule has 1 atom stereocenters. The number of rotatable bonds is 11. The van der Waals surface area contributed by atoms with Gasteiger partial charge in [0, 0.05) is 12.0 Å². The van der Waals surface area contributed by atoms with Gasteiger partial charge in [-0.05, 0) is 34.7 Å². The maximum Gasteiger partial charge on any atom is 0.326 e. The van der Waals surface area contributed by atoms with Crippen LogP contribution >= 0.6 is 0 Å². The maximum absolute atomic E-state index is 13.0. The summed E-state index contributed by atoms with van der Waals surface area (Å²) in [4.78, 5) is 29.9. The van der Waals surface area contributed by atoms with Gasteiger partial charge in [0.2, 0.25) is 0 Å². The van der Waals surface area contributed by atoms with Crippen molar-refractivity contribution >= 4 is 17.6 Å². The van der Waals surface area contributed by atoms with Crippen LogP contribution < -0.4 is 14.8 Å². The monoisotopic (exact) mass is 504 g/mol. The van der Waals surface area contributed by atoms with Crippen LogP contribution in [-0.2, 0) is 20.8 Å². The van der Waals surface area contributed by atoms with Crippen molar-refractivity contribution in [1.29, 1.82) is 0 Å². The number of nitrogens with one attached hydrogen (secondary N) is 1. The van der Waals surface area contributed by atoms with E-state index in [1.165, 1.54) is 7.11 Å². The molecule has 3 aromatic carbocycles. The Morgan fingerprint density at radius 3 is 1.97 bits per heavy atom. The van der Waals surface area contributed by atoms with Crippen LogP contribution in [0.1, 0.15) is 36.5 Å². The van der Waals surface area contributed by atoms with Crippen LogP contribution in [0.25, 0.3) is 11.1 Å². The molecular formula is C29H32N2O6. The lowest BCUT2D eigenvalue weighted by Gasteiger charge is -2.17. The molecule has 0 aliphatic heterocycles. The van der Waals surface area contributed by atoms with Gasteiger partial charge in [-0.1, -0.05) is 73.6 Å². The third kappa shape index (κ3) is 6.67. The zero-order valence-corrected chi connectivity index (χ0v) is 21.6. The Morgan fingerprint density at radius 2 is 1.49 bits per heavy atom. The normalized spacial score (nSPS) is 12.1. The second-order valence-electron chi connectivity index (χ2n) is 8.70. The lowest BCUT2D eigenvalue weighted by atomic mass is 9.98. The van der Waals surface area contributed by atoms with Gasteiger partial charge in [-0.2, -0.15) is 0 Å². The molecule has 0 bridgehead atoms. The van der Waals surface area contributed by atoms with E-state index in [0.717, 1.165) is 22.3 Å². The van der Waals surface area contributed by atoms with Gasteiger partial charge in [0.25, 0.3) is 5.91 Å². The van der Waals surface area contributed by atoms with Crippen LogP contribution in [-0.4, -0.2) is 50.1 Å². The van der Waals surface area contributed by atoms with E-state index >= 15 is 0 Å². The number of nitrogens with zero attached hydrogens (tertiary/aromatic N) is 1. The van der Waals surface area contributed by atoms with Gasteiger partial charge < -0.3 is 24.7 Å². The first-order valence-corrected chi connectivity index (χ1v) is 11.8. The summed E-state index contributed by atoms with van der Waals surface area (Å²) in [5.41, 5.74) is 4.03. The fourth-order valence-electron chi connectivity index (χ4n) is 3.95. The Hall–Kier alpha value is -4.33. The fraction of sp³-hybridized carbons (Fsp3) is 0.276. The topological polar surface area (TPSA) is 106 Å². The highest BCUT2D eigenvalue weighted by atomic mass is 16.6. The molecule has 8 nitrogen and oxygen atoms in total. The van der Waals surface area contributed by atoms with Crippen LogP contribution in [0.5, 0.6) is 11.5 Å². The first-order valence-electron chi connectivity index (χ1n) is 11.8. The molecule has 0 unspecified atom stereocenters. The van der Waals surface area contributed by atoms with E-state index in [0.29, 0.717) is 23.0 Å². The summed E-state index contributed by atoms with van der Waals surface area (Å²) in [7, 11) is 4.52. The van der Waals surface area contributed by atoms with Crippen molar-refractivity contribution in [3.05, 3.63) is 83.4 Å². The number of carbonyl (C=O) groups excluding carboxylic acids is 1. The highest BCUT2D eigenvalue weighted by Crippen LogP contribution is 2.38. The molecule has 0 aromatic heterocycles. The maximum atomic E-state index is 13.0. The molecule has 0 saturated carbocycles. The Balaban J connectivity index is 1.79. The Bertz CT molecular complexity index is 1230. The summed E-state index contributed by atoms with van der Waals surface area (Å²) < 4.78 is 11.0. The summed E-state index contributed by atoms with van der Waals surface area (Å²) in [6.07, 6.45) is 0.0803. The quantitative estimate of drug-likeness (QED) is 0.291. The first kappa shape index (κ1) is 27.3. The number of ether oxygens (including phenoxy) is 2. The molecule has 0 radical (unpaired) electrons. The number of oxime groups is 1. The second-order valence-corrected chi connectivity index (χ2v) is 8.70. The van der Waals surface area contributed by atoms with Crippen LogP contribution in [0, 0.1) is 0 Å². The van der Waals surface area contributed by atoms with Gasteiger partial charge >= 0.3 is 5.97 Å². The zero-order chi connectivity index (χ0) is 26.9. The Kier molecular flexibility index (Phi) is 9.27. The smallest absolute Gasteiger partial charge is 0.326 e. The van der Waals surface area contributed by atoms with Gasteiger partial charge in [-0.25, -0.2) is 4.79 Å². The van der Waals surface area contributed by atoms with E-state index in [-0.39, 0.29) is 12.1 Å². The molecule has 0 aliphatic rings. The number of carbonyl (C=O) groups is 2. The molecule has 0 saturated heterocycles. The van der Waals surface area contributed by atoms with E-state index in [2.05, 4.69) is 24.3 Å². The van der Waals surface area contributed by atoms with E-state index in [9.17, 15) is 14.7 Å². The average molecular weight is 505 g/mol. The Labute approximate surface area is 216 Å². The molecule has 2 N–H and O–H groups in total. The number of carboxylic acids is 1. The second kappa shape index (κ2) is 12.6. The molecule has 1 amide bonds. The fourth-order valence-corrected chi connectivity index (χ4v) is 3.95. The summed E-state index contributed by atoms with van der Waals surface area (Å²) in [5.74, 6) is -0.140. The largest absolute Gasteiger partial charge is 0.496 e. The summed E-state index contributed by atoms with van der Waals surface area (Å²) in [6, 6.07) is 19.1. The van der Waals surface area contributed by atoms with Crippen molar-refractivity contribution in [3.63, 3.8) is 0 Å². The summed E-state index contributed by atoms with van der Waals surface area (Å²) >= 11 is 0. The third-order valence-corrected chi connectivity index (χ3v) is 5.96. The molecule has 8 heteroatoms. The SMILES string of the molecule is CON=C(C(=O)N[C@@H](Cc1ccc(-c2c(OC)cccc2OC)cc1)C(=O)O)c1ccc(C(C)C)cc1. The minimum Gasteiger partial charge on any atom is -0.496 e. The number of hydrogen-bond donors (Lipinski definition) is 2. The predicted molar refractivity (Wildman–Crippen MR) is 142 cm³/mol. The van der Waals surface area contributed by atoms with Gasteiger partial charge in [0.1, 0.15) is 24.7 Å². The van der Waals surface area contributed by atoms with Crippen LogP contribution in [0.2, 0.25) is 0 Å². The Morgan fingerprint density at radius 1 is 0.892 bits per heavy atom. The lowest BCUT2D eigenvalue weighted by Crippen LogP contribution is -2.45. The van der Waals surface area contributed by atoms with E-state index < -0.39 is 17.9 Å². The molecule has 37 heavy (non-hydrogen) atoms. The number of methoxy groups -OCH3 is 2. The molecule has 0 fully saturated rings. The molecule has 3 aromatic rings. The molecule has 194 valence electrons. The zero-order valence-electron chi connectivity index (χ0n) is 21.6. The van der Waals surface area contributed by atoms with Crippen LogP contribution in [0.3, 0.4) is 0 Å². The standard InChI is InChI=1S/C29H32N2O6/c1-18(2)20-13-15-22(16-14-20)27(31-37-5)28(32)30-23(29(33)34)17-19-9-11-21(12-10-19)26-24(35-3)7-6-8-25(26)36-4/h6-16,18,23H,17H2,1-5H3,(H,30,32)(H,33,34)/t23-/m0/s1. The van der Waals surface area contributed by atoms with Crippen molar-refractivity contribution in [2.45, 2.75) is 32.2 Å². The summed E-state index contributed by atoms with van der Waals surface area (Å²) in [6.45, 7) is 4.14. The molecular weight excluding hydrogens is 472 g/mol. The van der Waals surface area contributed by atoms with Gasteiger partial charge in [0.15, 0.2) is 5.71 Å². The number of aliphatic carboxylic acids is 1. The number of benzene rings is 3. The predicted octanol–water partition coefficient (Wildman–Crippen LogP) is 4.66. The van der Waals surface area contributed by atoms with Crippen molar-refractivity contribution < 1.29 is 29.0 Å².